The summed E-state index contributed by atoms with van der Waals surface area (Å²) >= 11 is 0. The topological polar surface area (TPSA) is 102 Å². The molecule has 0 unspecified atom stereocenters. The van der Waals surface area contributed by atoms with E-state index in [1.807, 2.05) is 60.9 Å². The van der Waals surface area contributed by atoms with Crippen molar-refractivity contribution in [2.45, 2.75) is 58.8 Å². The lowest BCUT2D eigenvalue weighted by Crippen LogP contribution is -2.72. The molecule has 1 fully saturated rings. The molecule has 0 N–H and O–H groups in total. The van der Waals surface area contributed by atoms with E-state index in [9.17, 15) is 23.2 Å². The van der Waals surface area contributed by atoms with E-state index in [0.717, 1.165) is 11.6 Å². The van der Waals surface area contributed by atoms with Crippen molar-refractivity contribution in [3.63, 3.8) is 0 Å². The van der Waals surface area contributed by atoms with Gasteiger partial charge >= 0.3 is 6.09 Å². The fourth-order valence-electron chi connectivity index (χ4n) is 7.07. The van der Waals surface area contributed by atoms with Gasteiger partial charge in [-0.2, -0.15) is 5.10 Å². The van der Waals surface area contributed by atoms with Crippen LogP contribution in [0, 0.1) is 11.6 Å². The molecule has 2 aromatic heterocycles. The molecule has 0 atom stereocenters. The third-order valence-corrected chi connectivity index (χ3v) is 9.49. The molecule has 2 aromatic carbocycles. The van der Waals surface area contributed by atoms with Crippen molar-refractivity contribution in [2.24, 2.45) is 0 Å². The van der Waals surface area contributed by atoms with E-state index >= 15 is 0 Å². The van der Waals surface area contributed by atoms with Gasteiger partial charge in [-0.15, -0.1) is 0 Å². The van der Waals surface area contributed by atoms with Crippen LogP contribution in [0.1, 0.15) is 60.9 Å². The summed E-state index contributed by atoms with van der Waals surface area (Å²) in [5.74, 6) is -1.79. The molecule has 0 radical (unpaired) electrons. The smallest absolute Gasteiger partial charge is 0.409 e. The normalized spacial score (nSPS) is 15.5. The summed E-state index contributed by atoms with van der Waals surface area (Å²) in [5, 5.41) is 6.42. The van der Waals surface area contributed by atoms with Crippen LogP contribution in [0.25, 0.3) is 11.1 Å². The van der Waals surface area contributed by atoms with Crippen LogP contribution >= 0.6 is 0 Å². The van der Waals surface area contributed by atoms with E-state index in [-0.39, 0.29) is 48.8 Å². The van der Waals surface area contributed by atoms with Crippen molar-refractivity contribution in [3.8, 4) is 16.9 Å². The van der Waals surface area contributed by atoms with Crippen LogP contribution in [0.4, 0.5) is 13.6 Å². The number of amides is 2. The Kier molecular flexibility index (Phi) is 9.44. The summed E-state index contributed by atoms with van der Waals surface area (Å²) in [4.78, 5) is 45.2. The molecule has 11 nitrogen and oxygen atoms in total. The second-order valence-corrected chi connectivity index (χ2v) is 12.2. The Bertz CT molecular complexity index is 1920. The first kappa shape index (κ1) is 33.7. The highest BCUT2D eigenvalue weighted by molar-refractivity contribution is 5.98. The van der Waals surface area contributed by atoms with Gasteiger partial charge < -0.3 is 19.3 Å². The fraction of sp³-hybridized carbons (Fsp3) is 0.389. The lowest BCUT2D eigenvalue weighted by Gasteiger charge is -2.57. The Balaban J connectivity index is 1.49. The highest BCUT2D eigenvalue weighted by Crippen LogP contribution is 2.40. The van der Waals surface area contributed by atoms with Crippen LogP contribution in [0.3, 0.4) is 0 Å². The molecule has 6 rings (SSSR count). The maximum absolute atomic E-state index is 14.6. The predicted molar refractivity (Wildman–Crippen MR) is 179 cm³/mol. The lowest BCUT2D eigenvalue weighted by atomic mass is 9.91. The number of fused-ring (bicyclic) bond motifs is 1. The zero-order valence-electron chi connectivity index (χ0n) is 28.1. The maximum Gasteiger partial charge on any atom is 0.409 e. The van der Waals surface area contributed by atoms with Crippen LogP contribution in [0.2, 0.25) is 0 Å². The minimum absolute atomic E-state index is 0.0150. The molecule has 2 aliphatic heterocycles. The molecular formula is C36H40F2N6O5. The summed E-state index contributed by atoms with van der Waals surface area (Å²) in [5.41, 5.74) is 1.28. The van der Waals surface area contributed by atoms with Gasteiger partial charge in [-0.3, -0.25) is 24.0 Å². The second-order valence-electron chi connectivity index (χ2n) is 12.2. The highest BCUT2D eigenvalue weighted by atomic mass is 19.1. The van der Waals surface area contributed by atoms with E-state index in [1.54, 1.807) is 22.9 Å². The minimum Gasteiger partial charge on any atom is -0.482 e. The molecule has 0 aliphatic carbocycles. The molecule has 0 saturated carbocycles. The van der Waals surface area contributed by atoms with Crippen molar-refractivity contribution >= 4 is 12.0 Å². The van der Waals surface area contributed by atoms with E-state index in [2.05, 4.69) is 5.10 Å². The summed E-state index contributed by atoms with van der Waals surface area (Å²) in [7, 11) is 1.90. The number of nitrogens with zero attached hydrogens (tertiary/aromatic N) is 6. The summed E-state index contributed by atoms with van der Waals surface area (Å²) < 4.78 is 42.9. The molecular weight excluding hydrogens is 634 g/mol. The Morgan fingerprint density at radius 3 is 2.41 bits per heavy atom. The van der Waals surface area contributed by atoms with Crippen molar-refractivity contribution in [1.29, 1.82) is 0 Å². The Hall–Kier alpha value is -5.20. The first-order chi connectivity index (χ1) is 23.6. The number of ether oxygens (including phenoxy) is 2. The van der Waals surface area contributed by atoms with Crippen LogP contribution in [0.15, 0.2) is 65.7 Å². The van der Waals surface area contributed by atoms with Gasteiger partial charge in [0.15, 0.2) is 11.4 Å². The molecule has 0 bridgehead atoms. The molecule has 1 saturated heterocycles. The number of halogens is 2. The van der Waals surface area contributed by atoms with Crippen molar-refractivity contribution in [3.05, 3.63) is 105 Å². The first-order valence-corrected chi connectivity index (χ1v) is 16.6. The van der Waals surface area contributed by atoms with Gasteiger partial charge in [0.1, 0.15) is 23.9 Å². The van der Waals surface area contributed by atoms with Gasteiger partial charge in [0.25, 0.3) is 5.91 Å². The molecule has 2 aliphatic rings. The average molecular weight is 675 g/mol. The number of pyridine rings is 1. The van der Waals surface area contributed by atoms with Crippen molar-refractivity contribution in [1.82, 2.24) is 24.3 Å². The van der Waals surface area contributed by atoms with Crippen molar-refractivity contribution in [2.75, 3.05) is 38.3 Å². The van der Waals surface area contributed by atoms with Gasteiger partial charge in [-0.1, -0.05) is 43.3 Å². The number of carbonyl (C=O) groups excluding carboxylic acids is 2. The Labute approximate surface area is 283 Å². The summed E-state index contributed by atoms with van der Waals surface area (Å²) in [6.07, 6.45) is 4.06. The quantitative estimate of drug-likeness (QED) is 0.242. The molecule has 4 heterocycles. The molecule has 4 aromatic rings. The average Bonchev–Trinajstić information content (AvgIpc) is 3.56. The van der Waals surface area contributed by atoms with E-state index < -0.39 is 22.7 Å². The van der Waals surface area contributed by atoms with Crippen molar-refractivity contribution < 1.29 is 27.8 Å². The number of aromatic nitrogens is 3. The summed E-state index contributed by atoms with van der Waals surface area (Å²) in [6.45, 7) is 7.03. The fourth-order valence-corrected chi connectivity index (χ4v) is 7.07. The second kappa shape index (κ2) is 13.7. The molecule has 258 valence electrons. The molecule has 49 heavy (non-hydrogen) atoms. The third kappa shape index (κ3) is 6.02. The number of piperidine rings is 1. The SMILES string of the molecule is CCOC(=O)N1CCC2(CC1)N(CC)C(=O)c1c(OCc3ccccc3)c(=O)c(-c3cnn(Cc4ccc(F)cc4F)c3)c(CC)n1N2C. The standard InChI is InChI=1S/C36H40F2N6O5/c1-5-29-30(26-20-39-42(22-26)21-25-13-14-27(37)19-28(25)38)32(45)33(49-23-24-11-9-8-10-12-24)31-34(46)43(6-2)36(40(4)44(29)31)15-17-41(18-16-36)35(47)48-7-3/h8-14,19-20,22H,5-7,15-18,21,23H2,1-4H3. The van der Waals surface area contributed by atoms with Gasteiger partial charge in [-0.05, 0) is 31.9 Å². The minimum atomic E-state index is -0.806. The first-order valence-electron chi connectivity index (χ1n) is 16.6. The van der Waals surface area contributed by atoms with Gasteiger partial charge in [-0.25, -0.2) is 13.6 Å². The zero-order valence-corrected chi connectivity index (χ0v) is 28.1. The number of hydrogen-bond donors (Lipinski definition) is 0. The van der Waals surface area contributed by atoms with E-state index in [4.69, 9.17) is 9.47 Å². The Morgan fingerprint density at radius 1 is 1.02 bits per heavy atom. The summed E-state index contributed by atoms with van der Waals surface area (Å²) in [6, 6.07) is 12.7. The number of benzene rings is 2. The lowest BCUT2D eigenvalue weighted by molar-refractivity contribution is -0.00134. The molecule has 13 heteroatoms. The van der Waals surface area contributed by atoms with Gasteiger partial charge in [0.2, 0.25) is 5.43 Å². The van der Waals surface area contributed by atoms with E-state index in [0.29, 0.717) is 55.7 Å². The van der Waals surface area contributed by atoms with Gasteiger partial charge in [0, 0.05) is 62.9 Å². The monoisotopic (exact) mass is 674 g/mol. The van der Waals surface area contributed by atoms with Crippen LogP contribution in [-0.2, 0) is 24.3 Å². The largest absolute Gasteiger partial charge is 0.482 e. The zero-order chi connectivity index (χ0) is 34.9. The maximum atomic E-state index is 14.6. The van der Waals surface area contributed by atoms with Crippen LogP contribution in [-0.4, -0.2) is 75.2 Å². The highest BCUT2D eigenvalue weighted by Gasteiger charge is 2.52. The van der Waals surface area contributed by atoms with Crippen LogP contribution < -0.4 is 15.2 Å². The Morgan fingerprint density at radius 2 is 1.76 bits per heavy atom. The van der Waals surface area contributed by atoms with Crippen LogP contribution in [0.5, 0.6) is 5.75 Å². The predicted octanol–water partition coefficient (Wildman–Crippen LogP) is 5.17. The van der Waals surface area contributed by atoms with E-state index in [1.165, 1.54) is 23.0 Å². The van der Waals surface area contributed by atoms with Gasteiger partial charge in [0.05, 0.1) is 30.6 Å². The molecule has 1 spiro atoms. The number of hydrogen-bond acceptors (Lipinski definition) is 7. The number of carbonyl (C=O) groups is 2. The number of rotatable bonds is 9. The molecule has 2 amide bonds. The third-order valence-electron chi connectivity index (χ3n) is 9.49. The number of likely N-dealkylation sites (tertiary alicyclic amines) is 1.